The van der Waals surface area contributed by atoms with Crippen molar-refractivity contribution >= 4 is 11.9 Å². The van der Waals surface area contributed by atoms with Crippen molar-refractivity contribution in [2.24, 2.45) is 11.3 Å². The Morgan fingerprint density at radius 3 is 2.52 bits per heavy atom. The summed E-state index contributed by atoms with van der Waals surface area (Å²) in [5.74, 6) is -1.76. The van der Waals surface area contributed by atoms with Gasteiger partial charge < -0.3 is 9.84 Å². The van der Waals surface area contributed by atoms with E-state index in [1.807, 2.05) is 26.8 Å². The van der Waals surface area contributed by atoms with Crippen LogP contribution in [0.25, 0.3) is 0 Å². The topological polar surface area (TPSA) is 76.5 Å². The Kier molecular flexibility index (Phi) is 5.88. The SMILES string of the molecule is CCOC(=O)C(Cc1cncc(C)c1)(CC(C)C)C(=O)O. The molecule has 0 aliphatic carbocycles. The largest absolute Gasteiger partial charge is 0.480 e. The molecule has 0 saturated heterocycles. The highest BCUT2D eigenvalue weighted by Gasteiger charge is 2.48. The van der Waals surface area contributed by atoms with Gasteiger partial charge in [-0.25, -0.2) is 0 Å². The highest BCUT2D eigenvalue weighted by Crippen LogP contribution is 2.33. The van der Waals surface area contributed by atoms with Gasteiger partial charge in [-0.05, 0) is 37.3 Å². The molecule has 116 valence electrons. The molecule has 0 radical (unpaired) electrons. The van der Waals surface area contributed by atoms with Crippen LogP contribution >= 0.6 is 0 Å². The number of aryl methyl sites for hydroxylation is 1. The fourth-order valence-corrected chi connectivity index (χ4v) is 2.51. The van der Waals surface area contributed by atoms with Crippen LogP contribution < -0.4 is 0 Å². The molecule has 1 rings (SSSR count). The fraction of sp³-hybridized carbons (Fsp3) is 0.562. The van der Waals surface area contributed by atoms with Crippen LogP contribution in [-0.4, -0.2) is 28.6 Å². The number of carboxylic acids is 1. The first-order chi connectivity index (χ1) is 9.81. The van der Waals surface area contributed by atoms with Crippen LogP contribution in [0.3, 0.4) is 0 Å². The number of pyridine rings is 1. The summed E-state index contributed by atoms with van der Waals surface area (Å²) in [4.78, 5) is 28.2. The number of esters is 1. The molecule has 0 aliphatic heterocycles. The van der Waals surface area contributed by atoms with E-state index >= 15 is 0 Å². The van der Waals surface area contributed by atoms with E-state index in [1.54, 1.807) is 19.3 Å². The van der Waals surface area contributed by atoms with E-state index in [-0.39, 0.29) is 25.4 Å². The van der Waals surface area contributed by atoms with E-state index in [9.17, 15) is 14.7 Å². The minimum atomic E-state index is -1.56. The molecular formula is C16H23NO4. The van der Waals surface area contributed by atoms with Crippen molar-refractivity contribution in [3.05, 3.63) is 29.6 Å². The lowest BCUT2D eigenvalue weighted by Gasteiger charge is -2.28. The van der Waals surface area contributed by atoms with E-state index in [0.717, 1.165) is 11.1 Å². The van der Waals surface area contributed by atoms with Crippen LogP contribution in [0.2, 0.25) is 0 Å². The molecule has 21 heavy (non-hydrogen) atoms. The third-order valence-corrected chi connectivity index (χ3v) is 3.27. The number of nitrogens with zero attached hydrogens (tertiary/aromatic N) is 1. The predicted molar refractivity (Wildman–Crippen MR) is 78.8 cm³/mol. The Balaban J connectivity index is 3.21. The van der Waals surface area contributed by atoms with Gasteiger partial charge in [0, 0.05) is 18.8 Å². The molecule has 5 heteroatoms. The van der Waals surface area contributed by atoms with E-state index in [2.05, 4.69) is 4.98 Å². The standard InChI is InChI=1S/C16H23NO4/c1-5-21-15(20)16(14(18)19,7-11(2)3)8-13-6-12(4)9-17-10-13/h6,9-11H,5,7-8H2,1-4H3,(H,18,19). The lowest BCUT2D eigenvalue weighted by atomic mass is 9.75. The fourth-order valence-electron chi connectivity index (χ4n) is 2.51. The monoisotopic (exact) mass is 293 g/mol. The van der Waals surface area contributed by atoms with Gasteiger partial charge in [-0.15, -0.1) is 0 Å². The van der Waals surface area contributed by atoms with Crippen molar-refractivity contribution in [3.8, 4) is 0 Å². The van der Waals surface area contributed by atoms with Crippen LogP contribution in [0.4, 0.5) is 0 Å². The molecule has 0 aliphatic rings. The van der Waals surface area contributed by atoms with Gasteiger partial charge in [-0.1, -0.05) is 19.9 Å². The van der Waals surface area contributed by atoms with Crippen LogP contribution in [-0.2, 0) is 20.7 Å². The first-order valence-electron chi connectivity index (χ1n) is 7.13. The van der Waals surface area contributed by atoms with Gasteiger partial charge in [-0.2, -0.15) is 0 Å². The van der Waals surface area contributed by atoms with E-state index in [0.29, 0.717) is 0 Å². The molecule has 0 aromatic carbocycles. The lowest BCUT2D eigenvalue weighted by Crippen LogP contribution is -2.43. The number of aromatic nitrogens is 1. The van der Waals surface area contributed by atoms with Gasteiger partial charge in [-0.3, -0.25) is 14.6 Å². The molecule has 1 atom stereocenters. The molecule has 0 spiro atoms. The Morgan fingerprint density at radius 2 is 2.05 bits per heavy atom. The number of rotatable bonds is 7. The van der Waals surface area contributed by atoms with Gasteiger partial charge in [0.1, 0.15) is 0 Å². The second-order valence-corrected chi connectivity index (χ2v) is 5.75. The molecule has 0 saturated carbocycles. The first kappa shape index (κ1) is 17.1. The summed E-state index contributed by atoms with van der Waals surface area (Å²) >= 11 is 0. The summed E-state index contributed by atoms with van der Waals surface area (Å²) in [6.07, 6.45) is 3.62. The molecule has 1 aromatic rings. The maximum atomic E-state index is 12.3. The average Bonchev–Trinajstić information content (AvgIpc) is 2.37. The van der Waals surface area contributed by atoms with Gasteiger partial charge in [0.2, 0.25) is 0 Å². The summed E-state index contributed by atoms with van der Waals surface area (Å²) in [7, 11) is 0. The molecule has 0 amide bonds. The third kappa shape index (κ3) is 4.28. The van der Waals surface area contributed by atoms with E-state index in [4.69, 9.17) is 4.74 Å². The van der Waals surface area contributed by atoms with Crippen molar-refractivity contribution in [1.82, 2.24) is 4.98 Å². The summed E-state index contributed by atoms with van der Waals surface area (Å²) < 4.78 is 5.03. The molecule has 1 heterocycles. The summed E-state index contributed by atoms with van der Waals surface area (Å²) in [6.45, 7) is 7.51. The van der Waals surface area contributed by atoms with Crippen LogP contribution in [0, 0.1) is 18.3 Å². The summed E-state index contributed by atoms with van der Waals surface area (Å²) in [5.41, 5.74) is 0.103. The van der Waals surface area contributed by atoms with Crippen molar-refractivity contribution in [2.45, 2.75) is 40.5 Å². The normalized spacial score (nSPS) is 13.8. The number of hydrogen-bond acceptors (Lipinski definition) is 4. The van der Waals surface area contributed by atoms with Crippen molar-refractivity contribution in [1.29, 1.82) is 0 Å². The molecule has 1 N–H and O–H groups in total. The molecule has 1 aromatic heterocycles. The maximum absolute atomic E-state index is 12.3. The smallest absolute Gasteiger partial charge is 0.323 e. The number of carbonyl (C=O) groups is 2. The minimum absolute atomic E-state index is 0.0586. The molecular weight excluding hydrogens is 270 g/mol. The Labute approximate surface area is 125 Å². The van der Waals surface area contributed by atoms with Gasteiger partial charge in [0.05, 0.1) is 6.61 Å². The molecule has 0 fully saturated rings. The van der Waals surface area contributed by atoms with Gasteiger partial charge >= 0.3 is 11.9 Å². The zero-order chi connectivity index (χ0) is 16.0. The number of carboxylic acid groups (broad SMARTS) is 1. The number of ether oxygens (including phenoxy) is 1. The van der Waals surface area contributed by atoms with Crippen LogP contribution in [0.5, 0.6) is 0 Å². The molecule has 0 bridgehead atoms. The Bertz CT molecular complexity index is 513. The van der Waals surface area contributed by atoms with Gasteiger partial charge in [0.15, 0.2) is 5.41 Å². The second kappa shape index (κ2) is 7.20. The first-order valence-corrected chi connectivity index (χ1v) is 7.13. The minimum Gasteiger partial charge on any atom is -0.480 e. The third-order valence-electron chi connectivity index (χ3n) is 3.27. The molecule has 5 nitrogen and oxygen atoms in total. The Morgan fingerprint density at radius 1 is 1.38 bits per heavy atom. The summed E-state index contributed by atoms with van der Waals surface area (Å²) in [5, 5.41) is 9.68. The highest BCUT2D eigenvalue weighted by molar-refractivity contribution is 5.99. The zero-order valence-electron chi connectivity index (χ0n) is 13.0. The van der Waals surface area contributed by atoms with Crippen LogP contribution in [0.1, 0.15) is 38.3 Å². The zero-order valence-corrected chi connectivity index (χ0v) is 13.0. The van der Waals surface area contributed by atoms with Gasteiger partial charge in [0.25, 0.3) is 0 Å². The number of aliphatic carboxylic acids is 1. The second-order valence-electron chi connectivity index (χ2n) is 5.75. The number of hydrogen-bond donors (Lipinski definition) is 1. The summed E-state index contributed by atoms with van der Waals surface area (Å²) in [6, 6.07) is 1.85. The predicted octanol–water partition coefficient (Wildman–Crippen LogP) is 2.61. The molecule has 1 unspecified atom stereocenters. The van der Waals surface area contributed by atoms with Crippen molar-refractivity contribution < 1.29 is 19.4 Å². The Hall–Kier alpha value is -1.91. The number of carbonyl (C=O) groups excluding carboxylic acids is 1. The van der Waals surface area contributed by atoms with Crippen LogP contribution in [0.15, 0.2) is 18.5 Å². The highest BCUT2D eigenvalue weighted by atomic mass is 16.5. The van der Waals surface area contributed by atoms with E-state index in [1.165, 1.54) is 0 Å². The maximum Gasteiger partial charge on any atom is 0.323 e. The van der Waals surface area contributed by atoms with Crippen molar-refractivity contribution in [2.75, 3.05) is 6.61 Å². The van der Waals surface area contributed by atoms with Crippen molar-refractivity contribution in [3.63, 3.8) is 0 Å². The quantitative estimate of drug-likeness (QED) is 0.617. The average molecular weight is 293 g/mol. The lowest BCUT2D eigenvalue weighted by molar-refractivity contribution is -0.170. The van der Waals surface area contributed by atoms with E-state index < -0.39 is 17.4 Å².